The summed E-state index contributed by atoms with van der Waals surface area (Å²) >= 11 is 0. The minimum atomic E-state index is -0.857. The molecule has 2 fully saturated rings. The molecule has 3 unspecified atom stereocenters. The Morgan fingerprint density at radius 3 is 2.04 bits per heavy atom. The smallest absolute Gasteiger partial charge is 0.187 e. The lowest BCUT2D eigenvalue weighted by molar-refractivity contribution is -0.157. The van der Waals surface area contributed by atoms with Crippen molar-refractivity contribution in [3.05, 3.63) is 71.8 Å². The molecule has 6 atom stereocenters. The lowest BCUT2D eigenvalue weighted by Gasteiger charge is -2.28. The lowest BCUT2D eigenvalue weighted by Crippen LogP contribution is -2.43. The Bertz CT molecular complexity index is 625. The first-order valence-electron chi connectivity index (χ1n) is 8.90. The van der Waals surface area contributed by atoms with E-state index in [0.717, 1.165) is 11.1 Å². The first-order valence-corrected chi connectivity index (χ1v) is 7.75. The van der Waals surface area contributed by atoms with Gasteiger partial charge in [-0.2, -0.15) is 0 Å². The minimum Gasteiger partial charge on any atom is -0.368 e. The second-order valence-corrected chi connectivity index (χ2v) is 5.63. The van der Waals surface area contributed by atoms with E-state index in [4.69, 9.17) is 21.7 Å². The molecule has 23 heavy (non-hydrogen) atoms. The highest BCUT2D eigenvalue weighted by Crippen LogP contribution is 2.34. The third-order valence-corrected chi connectivity index (χ3v) is 4.01. The van der Waals surface area contributed by atoms with Gasteiger partial charge in [-0.3, -0.25) is 0 Å². The van der Waals surface area contributed by atoms with Crippen LogP contribution in [0.3, 0.4) is 0 Å². The number of ether oxygens (including phenoxy) is 4. The summed E-state index contributed by atoms with van der Waals surface area (Å²) in [6.07, 6.45) is -1.78. The molecule has 0 saturated carbocycles. The van der Waals surface area contributed by atoms with Gasteiger partial charge in [0.15, 0.2) is 6.29 Å². The first kappa shape index (κ1) is 12.7. The molecule has 2 aromatic rings. The summed E-state index contributed by atoms with van der Waals surface area (Å²) in [7, 11) is 0. The van der Waals surface area contributed by atoms with Gasteiger partial charge in [-0.05, 0) is 11.1 Å². The van der Waals surface area contributed by atoms with Crippen LogP contribution in [0.25, 0.3) is 0 Å². The molecule has 4 nitrogen and oxygen atoms in total. The predicted molar refractivity (Wildman–Crippen MR) is 84.7 cm³/mol. The SMILES string of the molecule is [2H]C(O[C@@H]1[C@H]2COC(O2)[C@@H]1OC([2H])c1ccccc1)c1ccccc1. The van der Waals surface area contributed by atoms with Crippen molar-refractivity contribution < 1.29 is 21.7 Å². The van der Waals surface area contributed by atoms with Gasteiger partial charge in [0.1, 0.15) is 18.3 Å². The monoisotopic (exact) mass is 314 g/mol. The number of hydrogen-bond donors (Lipinski definition) is 0. The molecule has 4 rings (SSSR count). The van der Waals surface area contributed by atoms with Crippen molar-refractivity contribution in [3.63, 3.8) is 0 Å². The van der Waals surface area contributed by atoms with Gasteiger partial charge in [0.05, 0.1) is 22.5 Å². The van der Waals surface area contributed by atoms with E-state index in [1.807, 2.05) is 60.7 Å². The van der Waals surface area contributed by atoms with E-state index in [2.05, 4.69) is 0 Å². The van der Waals surface area contributed by atoms with Crippen molar-refractivity contribution in [2.45, 2.75) is 37.8 Å². The Morgan fingerprint density at radius 1 is 0.870 bits per heavy atom. The van der Waals surface area contributed by atoms with E-state index in [0.29, 0.717) is 6.61 Å². The molecule has 2 bridgehead atoms. The van der Waals surface area contributed by atoms with Crippen molar-refractivity contribution >= 4 is 0 Å². The number of benzene rings is 2. The topological polar surface area (TPSA) is 36.9 Å². The normalized spacial score (nSPS) is 33.0. The molecule has 0 radical (unpaired) electrons. The summed E-state index contributed by atoms with van der Waals surface area (Å²) in [5, 5.41) is 0. The van der Waals surface area contributed by atoms with Crippen LogP contribution in [0.5, 0.6) is 0 Å². The molecule has 2 aliphatic heterocycles. The highest BCUT2D eigenvalue weighted by Gasteiger charge is 2.52. The van der Waals surface area contributed by atoms with E-state index in [-0.39, 0.29) is 6.10 Å². The third kappa shape index (κ3) is 3.31. The van der Waals surface area contributed by atoms with Crippen LogP contribution in [-0.4, -0.2) is 31.2 Å². The highest BCUT2D eigenvalue weighted by molar-refractivity contribution is 5.14. The molecule has 120 valence electrons. The fourth-order valence-corrected chi connectivity index (χ4v) is 2.84. The quantitative estimate of drug-likeness (QED) is 0.821. The molecular formula is C19H20O4. The molecule has 2 aromatic carbocycles. The van der Waals surface area contributed by atoms with Gasteiger partial charge in [-0.25, -0.2) is 0 Å². The molecule has 2 aliphatic rings. The van der Waals surface area contributed by atoms with Gasteiger partial charge in [0.25, 0.3) is 0 Å². The third-order valence-electron chi connectivity index (χ3n) is 4.01. The fourth-order valence-electron chi connectivity index (χ4n) is 2.84. The number of hydrogen-bond acceptors (Lipinski definition) is 4. The first-order chi connectivity index (χ1) is 12.2. The Morgan fingerprint density at radius 2 is 1.43 bits per heavy atom. The molecule has 0 aliphatic carbocycles. The molecule has 0 aromatic heterocycles. The van der Waals surface area contributed by atoms with Crippen LogP contribution in [0.4, 0.5) is 0 Å². The van der Waals surface area contributed by atoms with Gasteiger partial charge in [-0.1, -0.05) is 60.7 Å². The standard InChI is InChI=1S/C19H20O4/c1-3-7-14(8-4-1)11-20-17-16-13-22-19(23-16)18(17)21-12-15-9-5-2-6-10-15/h1-10,16-19H,11-13H2/t16-,17-,18-,19?/m1/s1/i11D,12D/t11?,12?,16-,17-,18-,19?. The molecule has 0 amide bonds. The number of fused-ring (bicyclic) bond motifs is 2. The zero-order valence-electron chi connectivity index (χ0n) is 14.6. The fraction of sp³-hybridized carbons (Fsp3) is 0.368. The van der Waals surface area contributed by atoms with E-state index >= 15 is 0 Å². The van der Waals surface area contributed by atoms with E-state index < -0.39 is 31.7 Å². The van der Waals surface area contributed by atoms with Gasteiger partial charge in [-0.15, -0.1) is 0 Å². The molecule has 4 heteroatoms. The van der Waals surface area contributed by atoms with Crippen LogP contribution in [0, 0.1) is 0 Å². The van der Waals surface area contributed by atoms with Crippen molar-refractivity contribution in [3.8, 4) is 0 Å². The molecular weight excluding hydrogens is 292 g/mol. The zero-order chi connectivity index (χ0) is 17.2. The van der Waals surface area contributed by atoms with E-state index in [1.165, 1.54) is 0 Å². The van der Waals surface area contributed by atoms with Gasteiger partial charge >= 0.3 is 0 Å². The Hall–Kier alpha value is -1.72. The van der Waals surface area contributed by atoms with E-state index in [1.54, 1.807) is 0 Å². The van der Waals surface area contributed by atoms with Gasteiger partial charge < -0.3 is 18.9 Å². The summed E-state index contributed by atoms with van der Waals surface area (Å²) in [5.74, 6) is 0. The second-order valence-electron chi connectivity index (χ2n) is 5.63. The maximum absolute atomic E-state index is 8.27. The van der Waals surface area contributed by atoms with E-state index in [9.17, 15) is 0 Å². The highest BCUT2D eigenvalue weighted by atomic mass is 16.8. The maximum Gasteiger partial charge on any atom is 0.187 e. The van der Waals surface area contributed by atoms with Crippen LogP contribution >= 0.6 is 0 Å². The average molecular weight is 314 g/mol. The average Bonchev–Trinajstić information content (AvgIpc) is 3.26. The van der Waals surface area contributed by atoms with Crippen molar-refractivity contribution in [1.29, 1.82) is 0 Å². The second kappa shape index (κ2) is 6.81. The molecule has 0 spiro atoms. The maximum atomic E-state index is 8.27. The summed E-state index contributed by atoms with van der Waals surface area (Å²) in [6.45, 7) is -1.27. The summed E-state index contributed by atoms with van der Waals surface area (Å²) < 4.78 is 39.6. The van der Waals surface area contributed by atoms with Crippen LogP contribution in [0.1, 0.15) is 13.9 Å². The van der Waals surface area contributed by atoms with Crippen LogP contribution in [-0.2, 0) is 32.1 Å². The summed E-state index contributed by atoms with van der Waals surface area (Å²) in [4.78, 5) is 0. The van der Waals surface area contributed by atoms with Crippen LogP contribution in [0.2, 0.25) is 0 Å². The molecule has 0 N–H and O–H groups in total. The Balaban J connectivity index is 1.46. The Labute approximate surface area is 138 Å². The van der Waals surface area contributed by atoms with Crippen molar-refractivity contribution in [1.82, 2.24) is 0 Å². The largest absolute Gasteiger partial charge is 0.368 e. The number of rotatable bonds is 6. The lowest BCUT2D eigenvalue weighted by atomic mass is 10.1. The molecule has 2 heterocycles. The van der Waals surface area contributed by atoms with Crippen LogP contribution in [0.15, 0.2) is 60.7 Å². The summed E-state index contributed by atoms with van der Waals surface area (Å²) in [5.41, 5.74) is 1.53. The Kier molecular flexibility index (Phi) is 3.75. The van der Waals surface area contributed by atoms with Crippen molar-refractivity contribution in [2.75, 3.05) is 6.61 Å². The minimum absolute atomic E-state index is 0.269. The summed E-state index contributed by atoms with van der Waals surface area (Å²) in [6, 6.07) is 18.7. The van der Waals surface area contributed by atoms with Crippen molar-refractivity contribution in [2.24, 2.45) is 0 Å². The zero-order valence-corrected chi connectivity index (χ0v) is 12.6. The van der Waals surface area contributed by atoms with Gasteiger partial charge in [0, 0.05) is 0 Å². The van der Waals surface area contributed by atoms with Crippen LogP contribution < -0.4 is 0 Å². The molecule has 2 saturated heterocycles. The predicted octanol–water partition coefficient (Wildman–Crippen LogP) is 2.91. The van der Waals surface area contributed by atoms with Gasteiger partial charge in [0.2, 0.25) is 0 Å².